The third-order valence-corrected chi connectivity index (χ3v) is 2.14. The van der Waals surface area contributed by atoms with Crippen LogP contribution >= 0.6 is 0 Å². The molecule has 0 aromatic heterocycles. The molecule has 0 spiro atoms. The summed E-state index contributed by atoms with van der Waals surface area (Å²) in [6, 6.07) is 7.38. The van der Waals surface area contributed by atoms with E-state index in [1.807, 2.05) is 31.2 Å². The van der Waals surface area contributed by atoms with Crippen LogP contribution in [0.4, 0.5) is 0 Å². The lowest BCUT2D eigenvalue weighted by Crippen LogP contribution is -2.39. The van der Waals surface area contributed by atoms with Crippen LogP contribution in [0.5, 0.6) is 5.75 Å². The highest BCUT2D eigenvalue weighted by molar-refractivity contribution is 5.77. The van der Waals surface area contributed by atoms with Crippen molar-refractivity contribution in [3.63, 3.8) is 0 Å². The third-order valence-electron chi connectivity index (χ3n) is 2.14. The number of amides is 1. The molecule has 1 aromatic carbocycles. The van der Waals surface area contributed by atoms with Crippen molar-refractivity contribution in [2.45, 2.75) is 19.9 Å². The highest BCUT2D eigenvalue weighted by Crippen LogP contribution is 2.10. The summed E-state index contributed by atoms with van der Waals surface area (Å²) in [6.45, 7) is 4.05. The van der Waals surface area contributed by atoms with Gasteiger partial charge < -0.3 is 14.9 Å². The molecule has 0 fully saturated rings. The van der Waals surface area contributed by atoms with Crippen molar-refractivity contribution in [2.24, 2.45) is 5.90 Å². The van der Waals surface area contributed by atoms with Crippen molar-refractivity contribution >= 4 is 5.91 Å². The average Bonchev–Trinajstić information content (AvgIpc) is 2.28. The van der Waals surface area contributed by atoms with Gasteiger partial charge in [0.05, 0.1) is 12.6 Å². The Morgan fingerprint density at radius 2 is 2.06 bits per heavy atom. The summed E-state index contributed by atoms with van der Waals surface area (Å²) in [5, 5.41) is 2.69. The van der Waals surface area contributed by atoms with Crippen LogP contribution in [0.15, 0.2) is 24.3 Å². The highest BCUT2D eigenvalue weighted by Gasteiger charge is 2.07. The molecule has 0 saturated heterocycles. The molecule has 0 aliphatic rings. The Bertz CT molecular complexity index is 351. The van der Waals surface area contributed by atoms with Crippen LogP contribution in [-0.4, -0.2) is 25.2 Å². The van der Waals surface area contributed by atoms with Crippen LogP contribution < -0.4 is 16.0 Å². The van der Waals surface area contributed by atoms with Crippen LogP contribution in [-0.2, 0) is 9.63 Å². The Morgan fingerprint density at radius 3 is 2.65 bits per heavy atom. The van der Waals surface area contributed by atoms with E-state index in [9.17, 15) is 4.79 Å². The first kappa shape index (κ1) is 13.5. The molecular weight excluding hydrogens is 220 g/mol. The molecule has 0 heterocycles. The van der Waals surface area contributed by atoms with Crippen molar-refractivity contribution in [3.8, 4) is 5.75 Å². The first-order valence-electron chi connectivity index (χ1n) is 5.42. The zero-order chi connectivity index (χ0) is 12.7. The number of aryl methyl sites for hydroxylation is 1. The second-order valence-corrected chi connectivity index (χ2v) is 3.90. The summed E-state index contributed by atoms with van der Waals surface area (Å²) in [5.74, 6) is 5.38. The van der Waals surface area contributed by atoms with Gasteiger partial charge in [0.25, 0.3) is 5.91 Å². The number of hydrogen-bond acceptors (Lipinski definition) is 4. The Kier molecular flexibility index (Phi) is 5.45. The minimum absolute atomic E-state index is 0.0159. The van der Waals surface area contributed by atoms with E-state index >= 15 is 0 Å². The van der Waals surface area contributed by atoms with Gasteiger partial charge in [-0.05, 0) is 26.0 Å². The van der Waals surface area contributed by atoms with E-state index in [0.29, 0.717) is 5.75 Å². The molecule has 0 bridgehead atoms. The fourth-order valence-corrected chi connectivity index (χ4v) is 1.29. The van der Waals surface area contributed by atoms with E-state index in [1.165, 1.54) is 0 Å². The smallest absolute Gasteiger partial charge is 0.258 e. The van der Waals surface area contributed by atoms with Gasteiger partial charge in [-0.1, -0.05) is 17.7 Å². The molecule has 1 rings (SSSR count). The molecule has 3 N–H and O–H groups in total. The quantitative estimate of drug-likeness (QED) is 0.718. The second-order valence-electron chi connectivity index (χ2n) is 3.90. The zero-order valence-corrected chi connectivity index (χ0v) is 10.1. The molecule has 0 saturated carbocycles. The number of nitrogens with one attached hydrogen (secondary N) is 1. The van der Waals surface area contributed by atoms with Crippen LogP contribution in [0.2, 0.25) is 0 Å². The number of carbonyl (C=O) groups excluding carboxylic acids is 1. The fraction of sp³-hybridized carbons (Fsp3) is 0.417. The zero-order valence-electron chi connectivity index (χ0n) is 10.1. The summed E-state index contributed by atoms with van der Waals surface area (Å²) in [4.78, 5) is 15.9. The summed E-state index contributed by atoms with van der Waals surface area (Å²) < 4.78 is 5.32. The van der Waals surface area contributed by atoms with Crippen LogP contribution in [0.25, 0.3) is 0 Å². The Hall–Kier alpha value is -1.59. The molecule has 94 valence electrons. The van der Waals surface area contributed by atoms with Crippen molar-refractivity contribution in [1.29, 1.82) is 0 Å². The second kappa shape index (κ2) is 6.88. The number of hydrogen-bond donors (Lipinski definition) is 2. The molecule has 1 aromatic rings. The van der Waals surface area contributed by atoms with Gasteiger partial charge in [-0.15, -0.1) is 0 Å². The van der Waals surface area contributed by atoms with Crippen LogP contribution in [0.3, 0.4) is 0 Å². The minimum atomic E-state index is -0.199. The maximum Gasteiger partial charge on any atom is 0.258 e. The van der Waals surface area contributed by atoms with Gasteiger partial charge >= 0.3 is 0 Å². The predicted molar refractivity (Wildman–Crippen MR) is 64.4 cm³/mol. The lowest BCUT2D eigenvalue weighted by atomic mass is 10.2. The van der Waals surface area contributed by atoms with E-state index in [2.05, 4.69) is 10.2 Å². The molecule has 17 heavy (non-hydrogen) atoms. The molecule has 5 nitrogen and oxygen atoms in total. The van der Waals surface area contributed by atoms with Gasteiger partial charge in [-0.25, -0.2) is 5.90 Å². The standard InChI is InChI=1S/C12H18N2O3/c1-9-3-5-11(6-4-9)16-8-12(15)14-10(2)7-17-13/h3-6,10H,7-8,13H2,1-2H3,(H,14,15). The molecule has 0 aliphatic heterocycles. The van der Waals surface area contributed by atoms with Crippen molar-refractivity contribution in [1.82, 2.24) is 5.32 Å². The summed E-state index contributed by atoms with van der Waals surface area (Å²) in [5.41, 5.74) is 1.15. The largest absolute Gasteiger partial charge is 0.484 e. The SMILES string of the molecule is Cc1ccc(OCC(=O)NC(C)CON)cc1. The molecule has 0 aliphatic carbocycles. The maximum atomic E-state index is 11.4. The van der Waals surface area contributed by atoms with Crippen LogP contribution in [0, 0.1) is 6.92 Å². The van der Waals surface area contributed by atoms with E-state index < -0.39 is 0 Å². The predicted octanol–water partition coefficient (Wildman–Crippen LogP) is 0.769. The van der Waals surface area contributed by atoms with E-state index in [4.69, 9.17) is 10.6 Å². The first-order valence-corrected chi connectivity index (χ1v) is 5.42. The minimum Gasteiger partial charge on any atom is -0.484 e. The van der Waals surface area contributed by atoms with Gasteiger partial charge in [-0.3, -0.25) is 4.79 Å². The van der Waals surface area contributed by atoms with Gasteiger partial charge in [-0.2, -0.15) is 0 Å². The third kappa shape index (κ3) is 5.33. The molecule has 1 unspecified atom stereocenters. The lowest BCUT2D eigenvalue weighted by Gasteiger charge is -2.12. The monoisotopic (exact) mass is 238 g/mol. The summed E-state index contributed by atoms with van der Waals surface area (Å²) >= 11 is 0. The van der Waals surface area contributed by atoms with Crippen molar-refractivity contribution in [2.75, 3.05) is 13.2 Å². The Labute approximate surface area is 101 Å². The first-order chi connectivity index (χ1) is 8.11. The van der Waals surface area contributed by atoms with Crippen molar-refractivity contribution in [3.05, 3.63) is 29.8 Å². The topological polar surface area (TPSA) is 73.6 Å². The van der Waals surface area contributed by atoms with Crippen molar-refractivity contribution < 1.29 is 14.4 Å². The van der Waals surface area contributed by atoms with E-state index in [1.54, 1.807) is 6.92 Å². The number of benzene rings is 1. The summed E-state index contributed by atoms with van der Waals surface area (Å²) in [6.07, 6.45) is 0. The Balaban J connectivity index is 2.30. The number of ether oxygens (including phenoxy) is 1. The average molecular weight is 238 g/mol. The van der Waals surface area contributed by atoms with Gasteiger partial charge in [0.15, 0.2) is 6.61 Å². The van der Waals surface area contributed by atoms with Gasteiger partial charge in [0, 0.05) is 0 Å². The lowest BCUT2D eigenvalue weighted by molar-refractivity contribution is -0.124. The number of carbonyl (C=O) groups is 1. The summed E-state index contributed by atoms with van der Waals surface area (Å²) in [7, 11) is 0. The highest BCUT2D eigenvalue weighted by atomic mass is 16.6. The molecule has 1 atom stereocenters. The molecule has 0 radical (unpaired) electrons. The van der Waals surface area contributed by atoms with E-state index in [0.717, 1.165) is 5.56 Å². The van der Waals surface area contributed by atoms with Crippen LogP contribution in [0.1, 0.15) is 12.5 Å². The Morgan fingerprint density at radius 1 is 1.41 bits per heavy atom. The molecular formula is C12H18N2O3. The molecule has 1 amide bonds. The molecule has 5 heteroatoms. The fourth-order valence-electron chi connectivity index (χ4n) is 1.29. The van der Waals surface area contributed by atoms with Gasteiger partial charge in [0.1, 0.15) is 5.75 Å². The van der Waals surface area contributed by atoms with E-state index in [-0.39, 0.29) is 25.2 Å². The van der Waals surface area contributed by atoms with Gasteiger partial charge in [0.2, 0.25) is 0 Å². The maximum absolute atomic E-state index is 11.4. The number of nitrogens with two attached hydrogens (primary N) is 1. The number of rotatable bonds is 6. The normalized spacial score (nSPS) is 11.9.